The van der Waals surface area contributed by atoms with Gasteiger partial charge >= 0.3 is 0 Å². The van der Waals surface area contributed by atoms with Crippen molar-refractivity contribution < 1.29 is 4.79 Å². The first-order valence-corrected chi connectivity index (χ1v) is 11.7. The maximum atomic E-state index is 11.9. The second-order valence-corrected chi connectivity index (χ2v) is 8.60. The van der Waals surface area contributed by atoms with E-state index in [2.05, 4.69) is 69.2 Å². The van der Waals surface area contributed by atoms with Gasteiger partial charge in [0.2, 0.25) is 5.91 Å². The summed E-state index contributed by atoms with van der Waals surface area (Å²) in [6.07, 6.45) is 3.57. The third kappa shape index (κ3) is 7.38. The first kappa shape index (κ1) is 23.8. The molecule has 2 atom stereocenters. The molecule has 1 amide bonds. The van der Waals surface area contributed by atoms with Crippen molar-refractivity contribution in [1.29, 1.82) is 0 Å². The Balaban J connectivity index is 1.46. The Morgan fingerprint density at radius 2 is 1.91 bits per heavy atom. The lowest BCUT2D eigenvalue weighted by Crippen LogP contribution is -2.51. The summed E-state index contributed by atoms with van der Waals surface area (Å²) in [6, 6.07) is 19.6. The van der Waals surface area contributed by atoms with Crippen LogP contribution < -0.4 is 16.0 Å². The number of aliphatic imine (C=N–C) groups is 1. The first-order chi connectivity index (χ1) is 15.6. The summed E-state index contributed by atoms with van der Waals surface area (Å²) in [5.74, 6) is 0.877. The van der Waals surface area contributed by atoms with E-state index in [0.29, 0.717) is 25.0 Å². The van der Waals surface area contributed by atoms with Crippen LogP contribution in [0.5, 0.6) is 0 Å². The van der Waals surface area contributed by atoms with Crippen molar-refractivity contribution in [3.8, 4) is 0 Å². The molecule has 1 fully saturated rings. The van der Waals surface area contributed by atoms with Crippen molar-refractivity contribution in [1.82, 2.24) is 15.5 Å². The number of nitrogens with zero attached hydrogens (tertiary/aromatic N) is 2. The van der Waals surface area contributed by atoms with Crippen molar-refractivity contribution in [2.45, 2.75) is 64.7 Å². The second kappa shape index (κ2) is 12.2. The van der Waals surface area contributed by atoms with Gasteiger partial charge in [-0.15, -0.1) is 0 Å². The topological polar surface area (TPSA) is 68.8 Å². The summed E-state index contributed by atoms with van der Waals surface area (Å²) >= 11 is 0. The third-order valence-electron chi connectivity index (χ3n) is 5.95. The van der Waals surface area contributed by atoms with E-state index in [1.54, 1.807) is 0 Å². The quantitative estimate of drug-likeness (QED) is 0.431. The van der Waals surface area contributed by atoms with Gasteiger partial charge in [0.25, 0.3) is 0 Å². The minimum absolute atomic E-state index is 0.0582. The van der Waals surface area contributed by atoms with Gasteiger partial charge in [0.1, 0.15) is 0 Å². The number of amides is 1. The number of carbonyl (C=O) groups is 1. The molecule has 172 valence electrons. The van der Waals surface area contributed by atoms with Gasteiger partial charge in [0, 0.05) is 50.9 Å². The molecule has 3 N–H and O–H groups in total. The minimum atomic E-state index is 0.0582. The maximum absolute atomic E-state index is 11.9. The van der Waals surface area contributed by atoms with Gasteiger partial charge in [0.05, 0.1) is 0 Å². The van der Waals surface area contributed by atoms with Crippen LogP contribution in [-0.2, 0) is 17.9 Å². The number of nitrogens with one attached hydrogen (secondary N) is 3. The van der Waals surface area contributed by atoms with Gasteiger partial charge in [-0.1, -0.05) is 49.4 Å². The van der Waals surface area contributed by atoms with Gasteiger partial charge in [-0.05, 0) is 49.4 Å². The summed E-state index contributed by atoms with van der Waals surface area (Å²) in [5.41, 5.74) is 3.31. The Morgan fingerprint density at radius 3 is 2.62 bits per heavy atom. The Kier molecular flexibility index (Phi) is 9.11. The molecule has 3 rings (SSSR count). The zero-order valence-electron chi connectivity index (χ0n) is 19.6. The average molecular weight is 436 g/mol. The lowest BCUT2D eigenvalue weighted by atomic mass is 9.97. The summed E-state index contributed by atoms with van der Waals surface area (Å²) in [5, 5.41) is 9.97. The van der Waals surface area contributed by atoms with Crippen LogP contribution in [0.1, 0.15) is 50.7 Å². The molecule has 1 aliphatic heterocycles. The molecule has 6 heteroatoms. The number of hydrogen-bond acceptors (Lipinski definition) is 3. The van der Waals surface area contributed by atoms with Crippen molar-refractivity contribution in [2.75, 3.05) is 18.9 Å². The zero-order chi connectivity index (χ0) is 22.8. The summed E-state index contributed by atoms with van der Waals surface area (Å²) in [4.78, 5) is 18.8. The Morgan fingerprint density at radius 1 is 1.12 bits per heavy atom. The normalized spacial score (nSPS) is 19.4. The van der Waals surface area contributed by atoms with E-state index in [-0.39, 0.29) is 5.91 Å². The van der Waals surface area contributed by atoms with Gasteiger partial charge in [-0.3, -0.25) is 14.7 Å². The first-order valence-electron chi connectivity index (χ1n) is 11.7. The van der Waals surface area contributed by atoms with Crippen molar-refractivity contribution in [2.24, 2.45) is 4.99 Å². The highest BCUT2D eigenvalue weighted by molar-refractivity contribution is 5.90. The molecule has 0 radical (unpaired) electrons. The van der Waals surface area contributed by atoms with E-state index in [1.807, 2.05) is 32.2 Å². The number of benzene rings is 2. The van der Waals surface area contributed by atoms with Crippen LogP contribution in [0.3, 0.4) is 0 Å². The molecule has 2 aromatic carbocycles. The molecule has 0 spiro atoms. The number of guanidine groups is 1. The fraction of sp³-hybridized carbons (Fsp3) is 0.462. The molecule has 0 aliphatic carbocycles. The zero-order valence-corrected chi connectivity index (χ0v) is 19.6. The molecule has 0 bridgehead atoms. The lowest BCUT2D eigenvalue weighted by molar-refractivity contribution is -0.116. The van der Waals surface area contributed by atoms with Crippen molar-refractivity contribution >= 4 is 17.6 Å². The van der Waals surface area contributed by atoms with E-state index < -0.39 is 0 Å². The molecular weight excluding hydrogens is 398 g/mol. The van der Waals surface area contributed by atoms with Crippen LogP contribution in [0.25, 0.3) is 0 Å². The van der Waals surface area contributed by atoms with E-state index in [1.165, 1.54) is 5.56 Å². The Hall–Kier alpha value is -2.86. The van der Waals surface area contributed by atoms with Crippen LogP contribution in [0.15, 0.2) is 59.6 Å². The van der Waals surface area contributed by atoms with E-state index >= 15 is 0 Å². The Labute approximate surface area is 192 Å². The largest absolute Gasteiger partial charge is 0.354 e. The molecule has 32 heavy (non-hydrogen) atoms. The summed E-state index contributed by atoms with van der Waals surface area (Å²) in [6.45, 7) is 7.05. The molecule has 2 unspecified atom stereocenters. The standard InChI is InChI=1S/C26H37N5O/c1-4-9-25(32)29-23-13-8-12-22(17-23)18-28-26(27-3)30-24-14-15-31(20(2)16-24)19-21-10-6-5-7-11-21/h5-8,10-13,17,20,24H,4,9,14-16,18-19H2,1-3H3,(H,29,32)(H2,27,28,30). The van der Waals surface area contributed by atoms with E-state index in [0.717, 1.165) is 49.6 Å². The predicted octanol–water partition coefficient (Wildman–Crippen LogP) is 4.14. The highest BCUT2D eigenvalue weighted by atomic mass is 16.1. The van der Waals surface area contributed by atoms with Gasteiger partial charge in [-0.2, -0.15) is 0 Å². The van der Waals surface area contributed by atoms with Gasteiger partial charge in [-0.25, -0.2) is 0 Å². The van der Waals surface area contributed by atoms with Crippen LogP contribution in [0.4, 0.5) is 5.69 Å². The van der Waals surface area contributed by atoms with Crippen molar-refractivity contribution in [3.05, 3.63) is 65.7 Å². The van der Waals surface area contributed by atoms with Gasteiger partial charge in [0.15, 0.2) is 5.96 Å². The second-order valence-electron chi connectivity index (χ2n) is 8.60. The van der Waals surface area contributed by atoms with E-state index in [4.69, 9.17) is 0 Å². The number of anilines is 1. The molecule has 0 aromatic heterocycles. The minimum Gasteiger partial charge on any atom is -0.354 e. The number of carbonyl (C=O) groups excluding carboxylic acids is 1. The molecule has 1 aliphatic rings. The van der Waals surface area contributed by atoms with Crippen LogP contribution in [0, 0.1) is 0 Å². The van der Waals surface area contributed by atoms with Gasteiger partial charge < -0.3 is 16.0 Å². The van der Waals surface area contributed by atoms with E-state index in [9.17, 15) is 4.79 Å². The fourth-order valence-electron chi connectivity index (χ4n) is 4.19. The van der Waals surface area contributed by atoms with Crippen LogP contribution in [-0.4, -0.2) is 42.4 Å². The predicted molar refractivity (Wildman–Crippen MR) is 133 cm³/mol. The SMILES string of the molecule is CCCC(=O)Nc1cccc(CNC(=NC)NC2CCN(Cc3ccccc3)C(C)C2)c1. The molecule has 1 saturated heterocycles. The fourth-order valence-corrected chi connectivity index (χ4v) is 4.19. The highest BCUT2D eigenvalue weighted by Crippen LogP contribution is 2.20. The lowest BCUT2D eigenvalue weighted by Gasteiger charge is -2.38. The van der Waals surface area contributed by atoms with Crippen LogP contribution in [0.2, 0.25) is 0 Å². The molecule has 6 nitrogen and oxygen atoms in total. The summed E-state index contributed by atoms with van der Waals surface area (Å²) < 4.78 is 0. The third-order valence-corrected chi connectivity index (χ3v) is 5.95. The maximum Gasteiger partial charge on any atom is 0.224 e. The van der Waals surface area contributed by atoms with Crippen LogP contribution >= 0.6 is 0 Å². The molecule has 1 heterocycles. The number of likely N-dealkylation sites (tertiary alicyclic amines) is 1. The van der Waals surface area contributed by atoms with Crippen molar-refractivity contribution in [3.63, 3.8) is 0 Å². The highest BCUT2D eigenvalue weighted by Gasteiger charge is 2.25. The smallest absolute Gasteiger partial charge is 0.224 e. The summed E-state index contributed by atoms with van der Waals surface area (Å²) in [7, 11) is 1.81. The Bertz CT molecular complexity index is 883. The monoisotopic (exact) mass is 435 g/mol. The molecule has 2 aromatic rings. The molecule has 0 saturated carbocycles. The number of piperidine rings is 1. The average Bonchev–Trinajstić information content (AvgIpc) is 2.79. The molecular formula is C26H37N5O. The number of rotatable bonds is 8. The number of hydrogen-bond donors (Lipinski definition) is 3.